The topological polar surface area (TPSA) is 59.9 Å². The van der Waals surface area contributed by atoms with Gasteiger partial charge < -0.3 is 9.47 Å². The Kier molecular flexibility index (Phi) is 7.10. The summed E-state index contributed by atoms with van der Waals surface area (Å²) in [5.74, 6) is 0.222. The van der Waals surface area contributed by atoms with E-state index < -0.39 is 12.5 Å². The van der Waals surface area contributed by atoms with Crippen LogP contribution in [-0.4, -0.2) is 24.8 Å². The number of carbonyl (C=O) groups excluding carboxylic acids is 1. The van der Waals surface area contributed by atoms with Crippen molar-refractivity contribution in [2.24, 2.45) is 5.10 Å². The van der Waals surface area contributed by atoms with Gasteiger partial charge in [0.25, 0.3) is 5.91 Å². The molecule has 5 nitrogen and oxygen atoms in total. The standard InChI is InChI=1S/C23H20F2N2O3/c1-16(17-11-13-19(14-12-17)30-23(24)25)26-27-22(28)15-29-21-10-6-5-9-20(21)18-7-3-2-4-8-18/h2-14,23H,15H2,1H3,(H,27,28)/b26-16-. The van der Waals surface area contributed by atoms with Crippen molar-refractivity contribution in [1.82, 2.24) is 5.43 Å². The summed E-state index contributed by atoms with van der Waals surface area (Å²) in [6.07, 6.45) is 0. The lowest BCUT2D eigenvalue weighted by Gasteiger charge is -2.11. The van der Waals surface area contributed by atoms with Crippen LogP contribution in [0.1, 0.15) is 12.5 Å². The molecule has 0 saturated carbocycles. The fraction of sp³-hybridized carbons (Fsp3) is 0.130. The summed E-state index contributed by atoms with van der Waals surface area (Å²) in [5.41, 5.74) is 5.47. The molecule has 1 N–H and O–H groups in total. The molecule has 0 bridgehead atoms. The number of hydrazone groups is 1. The minimum atomic E-state index is -2.88. The predicted molar refractivity (Wildman–Crippen MR) is 111 cm³/mol. The van der Waals surface area contributed by atoms with E-state index in [1.54, 1.807) is 25.1 Å². The van der Waals surface area contributed by atoms with Crippen molar-refractivity contribution >= 4 is 11.6 Å². The van der Waals surface area contributed by atoms with Gasteiger partial charge >= 0.3 is 6.61 Å². The number of benzene rings is 3. The van der Waals surface area contributed by atoms with E-state index in [1.807, 2.05) is 48.5 Å². The first-order chi connectivity index (χ1) is 14.5. The maximum Gasteiger partial charge on any atom is 0.387 e. The first-order valence-electron chi connectivity index (χ1n) is 9.18. The van der Waals surface area contributed by atoms with Gasteiger partial charge in [-0.1, -0.05) is 48.5 Å². The highest BCUT2D eigenvalue weighted by Crippen LogP contribution is 2.29. The minimum absolute atomic E-state index is 0.0519. The second-order valence-corrected chi connectivity index (χ2v) is 6.29. The zero-order valence-electron chi connectivity index (χ0n) is 16.2. The molecule has 3 aromatic carbocycles. The molecule has 3 rings (SSSR count). The molecular formula is C23H20F2N2O3. The summed E-state index contributed by atoms with van der Waals surface area (Å²) in [6, 6.07) is 23.2. The quantitative estimate of drug-likeness (QED) is 0.426. The highest BCUT2D eigenvalue weighted by molar-refractivity contribution is 5.99. The number of alkyl halides is 2. The van der Waals surface area contributed by atoms with E-state index in [-0.39, 0.29) is 12.4 Å². The molecule has 0 aliphatic heterocycles. The van der Waals surface area contributed by atoms with Gasteiger partial charge in [-0.2, -0.15) is 13.9 Å². The summed E-state index contributed by atoms with van der Waals surface area (Å²) in [7, 11) is 0. The molecule has 1 amide bonds. The molecule has 7 heteroatoms. The van der Waals surface area contributed by atoms with Crippen LogP contribution in [0.5, 0.6) is 11.5 Å². The molecule has 3 aromatic rings. The Labute approximate surface area is 173 Å². The largest absolute Gasteiger partial charge is 0.483 e. The Bertz CT molecular complexity index is 1010. The normalized spacial score (nSPS) is 11.3. The van der Waals surface area contributed by atoms with E-state index >= 15 is 0 Å². The van der Waals surface area contributed by atoms with Gasteiger partial charge in [-0.15, -0.1) is 0 Å². The van der Waals surface area contributed by atoms with Crippen molar-refractivity contribution in [2.75, 3.05) is 6.61 Å². The number of para-hydroxylation sites is 1. The van der Waals surface area contributed by atoms with Gasteiger partial charge in [-0.25, -0.2) is 5.43 Å². The average molecular weight is 410 g/mol. The van der Waals surface area contributed by atoms with Crippen LogP contribution >= 0.6 is 0 Å². The van der Waals surface area contributed by atoms with Crippen LogP contribution in [0.2, 0.25) is 0 Å². The molecule has 0 aliphatic carbocycles. The van der Waals surface area contributed by atoms with Crippen LogP contribution < -0.4 is 14.9 Å². The van der Waals surface area contributed by atoms with E-state index in [0.29, 0.717) is 17.0 Å². The Balaban J connectivity index is 1.58. The van der Waals surface area contributed by atoms with Crippen LogP contribution in [0, 0.1) is 0 Å². The molecule has 0 radical (unpaired) electrons. The van der Waals surface area contributed by atoms with E-state index in [9.17, 15) is 13.6 Å². The number of nitrogens with one attached hydrogen (secondary N) is 1. The lowest BCUT2D eigenvalue weighted by atomic mass is 10.1. The molecule has 0 atom stereocenters. The first-order valence-corrected chi connectivity index (χ1v) is 9.18. The van der Waals surface area contributed by atoms with Gasteiger partial charge in [0.05, 0.1) is 5.71 Å². The number of rotatable bonds is 8. The molecule has 0 aliphatic rings. The predicted octanol–water partition coefficient (Wildman–Crippen LogP) is 4.87. The average Bonchev–Trinajstić information content (AvgIpc) is 2.77. The Morgan fingerprint density at radius 1 is 0.967 bits per heavy atom. The number of hydrogen-bond donors (Lipinski definition) is 1. The van der Waals surface area contributed by atoms with Crippen LogP contribution in [0.3, 0.4) is 0 Å². The highest BCUT2D eigenvalue weighted by Gasteiger charge is 2.09. The van der Waals surface area contributed by atoms with E-state index in [0.717, 1.165) is 11.1 Å². The smallest absolute Gasteiger partial charge is 0.387 e. The second-order valence-electron chi connectivity index (χ2n) is 6.29. The number of halogens is 2. The van der Waals surface area contributed by atoms with Crippen molar-refractivity contribution in [3.8, 4) is 22.6 Å². The third-order valence-corrected chi connectivity index (χ3v) is 4.18. The van der Waals surface area contributed by atoms with Gasteiger partial charge in [-0.3, -0.25) is 4.79 Å². The monoisotopic (exact) mass is 410 g/mol. The highest BCUT2D eigenvalue weighted by atomic mass is 19.3. The summed E-state index contributed by atoms with van der Waals surface area (Å²) >= 11 is 0. The van der Waals surface area contributed by atoms with Crippen LogP contribution in [0.15, 0.2) is 84.0 Å². The number of hydrogen-bond acceptors (Lipinski definition) is 4. The molecule has 30 heavy (non-hydrogen) atoms. The van der Waals surface area contributed by atoms with Crippen molar-refractivity contribution < 1.29 is 23.0 Å². The second kappa shape index (κ2) is 10.2. The SMILES string of the molecule is C/C(=N/NC(=O)COc1ccccc1-c1ccccc1)c1ccc(OC(F)F)cc1. The maximum absolute atomic E-state index is 12.2. The summed E-state index contributed by atoms with van der Waals surface area (Å²) in [4.78, 5) is 12.1. The molecule has 0 aromatic heterocycles. The molecule has 0 saturated heterocycles. The van der Waals surface area contributed by atoms with Crippen LogP contribution in [-0.2, 0) is 4.79 Å². The number of carbonyl (C=O) groups is 1. The van der Waals surface area contributed by atoms with E-state index in [1.165, 1.54) is 12.1 Å². The molecule has 0 spiro atoms. The number of nitrogens with zero attached hydrogens (tertiary/aromatic N) is 1. The van der Waals surface area contributed by atoms with Gasteiger partial charge in [0.2, 0.25) is 0 Å². The van der Waals surface area contributed by atoms with Gasteiger partial charge in [0.15, 0.2) is 6.61 Å². The third-order valence-electron chi connectivity index (χ3n) is 4.18. The van der Waals surface area contributed by atoms with E-state index in [2.05, 4.69) is 15.3 Å². The Morgan fingerprint density at radius 2 is 1.63 bits per heavy atom. The van der Waals surface area contributed by atoms with Gasteiger partial charge in [0.1, 0.15) is 11.5 Å². The van der Waals surface area contributed by atoms with Crippen LogP contribution in [0.25, 0.3) is 11.1 Å². The van der Waals surface area contributed by atoms with Crippen molar-refractivity contribution in [3.05, 3.63) is 84.4 Å². The minimum Gasteiger partial charge on any atom is -0.483 e. The summed E-state index contributed by atoms with van der Waals surface area (Å²) in [6.45, 7) is -1.40. The first kappa shape index (κ1) is 21.0. The maximum atomic E-state index is 12.2. The van der Waals surface area contributed by atoms with E-state index in [4.69, 9.17) is 4.74 Å². The fourth-order valence-electron chi connectivity index (χ4n) is 2.71. The summed E-state index contributed by atoms with van der Waals surface area (Å²) < 4.78 is 34.4. The lowest BCUT2D eigenvalue weighted by molar-refractivity contribution is -0.123. The molecule has 0 unspecified atom stereocenters. The van der Waals surface area contributed by atoms with Crippen molar-refractivity contribution in [2.45, 2.75) is 13.5 Å². The molecule has 154 valence electrons. The Morgan fingerprint density at radius 3 is 2.33 bits per heavy atom. The molecule has 0 fully saturated rings. The lowest BCUT2D eigenvalue weighted by Crippen LogP contribution is -2.25. The molecule has 0 heterocycles. The molecular weight excluding hydrogens is 390 g/mol. The van der Waals surface area contributed by atoms with Crippen molar-refractivity contribution in [1.29, 1.82) is 0 Å². The fourth-order valence-corrected chi connectivity index (χ4v) is 2.71. The van der Waals surface area contributed by atoms with Crippen LogP contribution in [0.4, 0.5) is 8.78 Å². The van der Waals surface area contributed by atoms with Crippen molar-refractivity contribution in [3.63, 3.8) is 0 Å². The Hall–Kier alpha value is -3.74. The zero-order chi connectivity index (χ0) is 21.3. The number of amides is 1. The third kappa shape index (κ3) is 5.88. The number of ether oxygens (including phenoxy) is 2. The van der Waals surface area contributed by atoms with Gasteiger partial charge in [0, 0.05) is 5.56 Å². The zero-order valence-corrected chi connectivity index (χ0v) is 16.2. The van der Waals surface area contributed by atoms with Gasteiger partial charge in [-0.05, 0) is 48.4 Å². The summed E-state index contributed by atoms with van der Waals surface area (Å²) in [5, 5.41) is 4.03.